The van der Waals surface area contributed by atoms with Crippen molar-refractivity contribution in [2.24, 2.45) is 11.7 Å². The second-order valence-corrected chi connectivity index (χ2v) is 4.67. The first-order chi connectivity index (χ1) is 6.39. The molecule has 0 saturated carbocycles. The lowest BCUT2D eigenvalue weighted by molar-refractivity contribution is 0.353. The van der Waals surface area contributed by atoms with Crippen LogP contribution in [0.15, 0.2) is 4.52 Å². The summed E-state index contributed by atoms with van der Waals surface area (Å²) in [6, 6.07) is 0. The second kappa shape index (κ2) is 4.09. The van der Waals surface area contributed by atoms with Crippen LogP contribution in [0.1, 0.15) is 45.8 Å². The van der Waals surface area contributed by atoms with Crippen molar-refractivity contribution in [2.45, 2.75) is 46.1 Å². The Morgan fingerprint density at radius 2 is 2.07 bits per heavy atom. The van der Waals surface area contributed by atoms with Gasteiger partial charge < -0.3 is 10.3 Å². The molecule has 0 fully saturated rings. The van der Waals surface area contributed by atoms with Gasteiger partial charge in [-0.3, -0.25) is 0 Å². The maximum absolute atomic E-state index is 5.84. The number of nitrogens with zero attached hydrogens (tertiary/aromatic N) is 2. The van der Waals surface area contributed by atoms with E-state index in [0.717, 1.165) is 12.8 Å². The lowest BCUT2D eigenvalue weighted by Crippen LogP contribution is -2.30. The van der Waals surface area contributed by atoms with Gasteiger partial charge in [0.15, 0.2) is 5.82 Å². The minimum absolute atomic E-state index is 0.514. The highest BCUT2D eigenvalue weighted by Gasteiger charge is 2.21. The summed E-state index contributed by atoms with van der Waals surface area (Å²) in [5.41, 5.74) is 5.33. The standard InChI is InChI=1S/C10H19N3O/c1-7(2)5-6-8-12-9(13-14-8)10(3,4)11/h7H,5-6,11H2,1-4H3. The van der Waals surface area contributed by atoms with E-state index in [2.05, 4.69) is 24.0 Å². The lowest BCUT2D eigenvalue weighted by atomic mass is 10.1. The van der Waals surface area contributed by atoms with Gasteiger partial charge in [0, 0.05) is 6.42 Å². The van der Waals surface area contributed by atoms with Crippen LogP contribution in [-0.4, -0.2) is 10.1 Å². The normalized spacial score (nSPS) is 12.4. The van der Waals surface area contributed by atoms with Gasteiger partial charge in [-0.2, -0.15) is 4.98 Å². The molecule has 0 radical (unpaired) electrons. The molecule has 1 heterocycles. The third kappa shape index (κ3) is 3.10. The van der Waals surface area contributed by atoms with Gasteiger partial charge in [-0.1, -0.05) is 19.0 Å². The topological polar surface area (TPSA) is 64.9 Å². The Morgan fingerprint density at radius 1 is 1.43 bits per heavy atom. The van der Waals surface area contributed by atoms with Crippen LogP contribution >= 0.6 is 0 Å². The Hall–Kier alpha value is -0.900. The predicted octanol–water partition coefficient (Wildman–Crippen LogP) is 1.85. The lowest BCUT2D eigenvalue weighted by Gasteiger charge is -2.11. The molecule has 2 N–H and O–H groups in total. The highest BCUT2D eigenvalue weighted by Crippen LogP contribution is 2.14. The Bertz CT molecular complexity index is 286. The van der Waals surface area contributed by atoms with Gasteiger partial charge in [0.2, 0.25) is 5.89 Å². The Labute approximate surface area is 84.9 Å². The number of hydrogen-bond donors (Lipinski definition) is 1. The van der Waals surface area contributed by atoms with Gasteiger partial charge in [0.25, 0.3) is 0 Å². The number of aromatic nitrogens is 2. The van der Waals surface area contributed by atoms with Crippen molar-refractivity contribution in [1.82, 2.24) is 10.1 Å². The van der Waals surface area contributed by atoms with Crippen molar-refractivity contribution in [2.75, 3.05) is 0 Å². The van der Waals surface area contributed by atoms with Gasteiger partial charge in [-0.15, -0.1) is 0 Å². The van der Waals surface area contributed by atoms with Crippen molar-refractivity contribution in [3.8, 4) is 0 Å². The fourth-order valence-corrected chi connectivity index (χ4v) is 1.03. The molecule has 0 atom stereocenters. The quantitative estimate of drug-likeness (QED) is 0.800. The Balaban J connectivity index is 2.60. The van der Waals surface area contributed by atoms with E-state index in [4.69, 9.17) is 10.3 Å². The molecule has 0 unspecified atom stereocenters. The summed E-state index contributed by atoms with van der Waals surface area (Å²) < 4.78 is 5.10. The molecule has 0 aliphatic heterocycles. The molecule has 4 heteroatoms. The number of hydrogen-bond acceptors (Lipinski definition) is 4. The van der Waals surface area contributed by atoms with E-state index < -0.39 is 5.54 Å². The van der Waals surface area contributed by atoms with Gasteiger partial charge in [-0.05, 0) is 26.2 Å². The summed E-state index contributed by atoms with van der Waals surface area (Å²) in [5, 5.41) is 3.85. The zero-order valence-corrected chi connectivity index (χ0v) is 9.37. The molecule has 14 heavy (non-hydrogen) atoms. The maximum Gasteiger partial charge on any atom is 0.226 e. The molecular weight excluding hydrogens is 178 g/mol. The van der Waals surface area contributed by atoms with E-state index in [-0.39, 0.29) is 0 Å². The van der Waals surface area contributed by atoms with Gasteiger partial charge in [-0.25, -0.2) is 0 Å². The molecule has 1 rings (SSSR count). The van der Waals surface area contributed by atoms with Gasteiger partial charge >= 0.3 is 0 Å². The largest absolute Gasteiger partial charge is 0.339 e. The van der Waals surface area contributed by atoms with E-state index in [9.17, 15) is 0 Å². The monoisotopic (exact) mass is 197 g/mol. The van der Waals surface area contributed by atoms with Gasteiger partial charge in [0.1, 0.15) is 0 Å². The Morgan fingerprint density at radius 3 is 2.50 bits per heavy atom. The predicted molar refractivity (Wildman–Crippen MR) is 54.7 cm³/mol. The van der Waals surface area contributed by atoms with Crippen LogP contribution in [0.4, 0.5) is 0 Å². The molecule has 1 aromatic heterocycles. The van der Waals surface area contributed by atoms with Crippen molar-refractivity contribution in [3.63, 3.8) is 0 Å². The number of rotatable bonds is 4. The molecule has 4 nitrogen and oxygen atoms in total. The van der Waals surface area contributed by atoms with Crippen LogP contribution in [0.5, 0.6) is 0 Å². The average Bonchev–Trinajstić information content (AvgIpc) is 2.47. The van der Waals surface area contributed by atoms with Crippen molar-refractivity contribution in [1.29, 1.82) is 0 Å². The third-order valence-corrected chi connectivity index (χ3v) is 1.98. The first-order valence-electron chi connectivity index (χ1n) is 5.01. The van der Waals surface area contributed by atoms with E-state index >= 15 is 0 Å². The second-order valence-electron chi connectivity index (χ2n) is 4.67. The Kier molecular flexibility index (Phi) is 3.26. The first-order valence-corrected chi connectivity index (χ1v) is 5.01. The van der Waals surface area contributed by atoms with E-state index in [1.807, 2.05) is 13.8 Å². The fourth-order valence-electron chi connectivity index (χ4n) is 1.03. The van der Waals surface area contributed by atoms with Crippen LogP contribution in [0.2, 0.25) is 0 Å². The summed E-state index contributed by atoms with van der Waals surface area (Å²) in [6.45, 7) is 8.07. The highest BCUT2D eigenvalue weighted by molar-refractivity contribution is 4.98. The molecule has 0 aliphatic carbocycles. The molecular formula is C10H19N3O. The van der Waals surface area contributed by atoms with Crippen LogP contribution in [-0.2, 0) is 12.0 Å². The van der Waals surface area contributed by atoms with Crippen molar-refractivity contribution < 1.29 is 4.52 Å². The molecule has 0 bridgehead atoms. The van der Waals surface area contributed by atoms with Gasteiger partial charge in [0.05, 0.1) is 5.54 Å². The minimum Gasteiger partial charge on any atom is -0.339 e. The summed E-state index contributed by atoms with van der Waals surface area (Å²) in [4.78, 5) is 4.25. The summed E-state index contributed by atoms with van der Waals surface area (Å²) in [6.07, 6.45) is 1.90. The molecule has 0 spiro atoms. The molecule has 80 valence electrons. The number of aryl methyl sites for hydroxylation is 1. The number of nitrogens with two attached hydrogens (primary N) is 1. The molecule has 0 aliphatic rings. The highest BCUT2D eigenvalue weighted by atomic mass is 16.5. The minimum atomic E-state index is -0.514. The molecule has 0 amide bonds. The fraction of sp³-hybridized carbons (Fsp3) is 0.800. The summed E-state index contributed by atoms with van der Waals surface area (Å²) in [7, 11) is 0. The molecule has 0 saturated heterocycles. The third-order valence-electron chi connectivity index (χ3n) is 1.98. The maximum atomic E-state index is 5.84. The molecule has 1 aromatic rings. The van der Waals surface area contributed by atoms with Crippen molar-refractivity contribution in [3.05, 3.63) is 11.7 Å². The molecule has 0 aromatic carbocycles. The SMILES string of the molecule is CC(C)CCc1nc(C(C)(C)N)no1. The summed E-state index contributed by atoms with van der Waals surface area (Å²) in [5.74, 6) is 1.92. The van der Waals surface area contributed by atoms with Crippen LogP contribution < -0.4 is 5.73 Å². The van der Waals surface area contributed by atoms with E-state index in [1.165, 1.54) is 0 Å². The average molecular weight is 197 g/mol. The van der Waals surface area contributed by atoms with E-state index in [1.54, 1.807) is 0 Å². The zero-order valence-electron chi connectivity index (χ0n) is 9.37. The van der Waals surface area contributed by atoms with Crippen LogP contribution in [0.3, 0.4) is 0 Å². The first kappa shape index (κ1) is 11.2. The van der Waals surface area contributed by atoms with Crippen molar-refractivity contribution >= 4 is 0 Å². The van der Waals surface area contributed by atoms with Crippen LogP contribution in [0.25, 0.3) is 0 Å². The van der Waals surface area contributed by atoms with E-state index in [0.29, 0.717) is 17.6 Å². The summed E-state index contributed by atoms with van der Waals surface area (Å²) >= 11 is 0. The smallest absolute Gasteiger partial charge is 0.226 e. The van der Waals surface area contributed by atoms with Crippen LogP contribution in [0, 0.1) is 5.92 Å². The zero-order chi connectivity index (χ0) is 10.8.